The van der Waals surface area contributed by atoms with E-state index in [1.54, 1.807) is 33.5 Å². The van der Waals surface area contributed by atoms with Crippen LogP contribution in [0.25, 0.3) is 33.4 Å². The molecule has 1 heterocycles. The van der Waals surface area contributed by atoms with Crippen LogP contribution in [-0.2, 0) is 0 Å². The Kier molecular flexibility index (Phi) is 5.64. The molecular formula is C25H22O7. The molecule has 0 spiro atoms. The first-order valence-corrected chi connectivity index (χ1v) is 9.74. The van der Waals surface area contributed by atoms with Crippen LogP contribution < -0.4 is 18.9 Å². The molecule has 0 unspecified atom stereocenters. The number of hydrogen-bond donors (Lipinski definition) is 1. The van der Waals surface area contributed by atoms with Crippen LogP contribution in [0.1, 0.15) is 10.4 Å². The molecule has 1 N–H and O–H groups in total. The summed E-state index contributed by atoms with van der Waals surface area (Å²) in [6.07, 6.45) is 0. The van der Waals surface area contributed by atoms with E-state index in [-0.39, 0.29) is 5.56 Å². The Bertz CT molecular complexity index is 1260. The summed E-state index contributed by atoms with van der Waals surface area (Å²) in [7, 11) is 6.20. The number of hydrogen-bond acceptors (Lipinski definition) is 6. The summed E-state index contributed by atoms with van der Waals surface area (Å²) in [5.74, 6) is 1.64. The zero-order valence-electron chi connectivity index (χ0n) is 18.1. The maximum Gasteiger partial charge on any atom is 0.336 e. The topological polar surface area (TPSA) is 87.4 Å². The normalized spacial score (nSPS) is 10.8. The second-order valence-corrected chi connectivity index (χ2v) is 6.99. The first-order chi connectivity index (χ1) is 15.5. The fraction of sp³-hybridized carbons (Fsp3) is 0.160. The second-order valence-electron chi connectivity index (χ2n) is 6.99. The molecule has 3 aromatic carbocycles. The van der Waals surface area contributed by atoms with Gasteiger partial charge in [0.25, 0.3) is 0 Å². The highest BCUT2D eigenvalue weighted by molar-refractivity contribution is 6.12. The van der Waals surface area contributed by atoms with Crippen molar-refractivity contribution < 1.29 is 33.3 Å². The van der Waals surface area contributed by atoms with E-state index in [2.05, 4.69) is 0 Å². The number of rotatable bonds is 7. The molecule has 164 valence electrons. The van der Waals surface area contributed by atoms with E-state index in [0.717, 1.165) is 5.56 Å². The van der Waals surface area contributed by atoms with Crippen LogP contribution in [0, 0.1) is 0 Å². The van der Waals surface area contributed by atoms with Gasteiger partial charge in [0.05, 0.1) is 34.0 Å². The van der Waals surface area contributed by atoms with Gasteiger partial charge < -0.3 is 28.5 Å². The third-order valence-electron chi connectivity index (χ3n) is 5.22. The van der Waals surface area contributed by atoms with Crippen molar-refractivity contribution in [2.45, 2.75) is 0 Å². The van der Waals surface area contributed by atoms with Crippen LogP contribution >= 0.6 is 0 Å². The molecule has 0 aliphatic rings. The molecule has 0 bridgehead atoms. The van der Waals surface area contributed by atoms with Gasteiger partial charge in [0.2, 0.25) is 0 Å². The standard InChI is InChI=1S/C25H22O7/c1-28-16-7-5-14(6-8-16)22-23-20(25(26)27)12-19(31-4)13-21(23)32-24(22)15-9-17(29-2)11-18(10-15)30-3/h5-13H,1-4H3,(H,26,27). The van der Waals surface area contributed by atoms with Gasteiger partial charge in [-0.05, 0) is 35.9 Å². The Morgan fingerprint density at radius 1 is 0.719 bits per heavy atom. The summed E-state index contributed by atoms with van der Waals surface area (Å²) in [4.78, 5) is 12.2. The molecule has 4 aromatic rings. The predicted octanol–water partition coefficient (Wildman–Crippen LogP) is 5.50. The quantitative estimate of drug-likeness (QED) is 0.411. The summed E-state index contributed by atoms with van der Waals surface area (Å²) in [5, 5.41) is 10.4. The zero-order valence-corrected chi connectivity index (χ0v) is 18.1. The second kappa shape index (κ2) is 8.55. The fourth-order valence-corrected chi connectivity index (χ4v) is 3.66. The van der Waals surface area contributed by atoms with Crippen LogP contribution in [0.5, 0.6) is 23.0 Å². The smallest absolute Gasteiger partial charge is 0.336 e. The van der Waals surface area contributed by atoms with Crippen molar-refractivity contribution in [1.29, 1.82) is 0 Å². The van der Waals surface area contributed by atoms with Gasteiger partial charge in [-0.2, -0.15) is 0 Å². The Balaban J connectivity index is 2.10. The Morgan fingerprint density at radius 2 is 1.28 bits per heavy atom. The van der Waals surface area contributed by atoms with Crippen molar-refractivity contribution in [1.82, 2.24) is 0 Å². The van der Waals surface area contributed by atoms with Gasteiger partial charge in [-0.3, -0.25) is 0 Å². The van der Waals surface area contributed by atoms with Crippen LogP contribution in [0.15, 0.2) is 59.0 Å². The highest BCUT2D eigenvalue weighted by atomic mass is 16.5. The molecule has 0 fully saturated rings. The lowest BCUT2D eigenvalue weighted by Gasteiger charge is -2.10. The number of methoxy groups -OCH3 is 4. The average Bonchev–Trinajstić information content (AvgIpc) is 3.22. The minimum absolute atomic E-state index is 0.0787. The van der Waals surface area contributed by atoms with E-state index < -0.39 is 5.97 Å². The summed E-state index contributed by atoms with van der Waals surface area (Å²) in [5.41, 5.74) is 2.56. The molecule has 7 nitrogen and oxygen atoms in total. The van der Waals surface area contributed by atoms with Crippen molar-refractivity contribution in [3.05, 3.63) is 60.2 Å². The molecule has 32 heavy (non-hydrogen) atoms. The zero-order chi connectivity index (χ0) is 22.8. The van der Waals surface area contributed by atoms with Crippen molar-refractivity contribution in [2.24, 2.45) is 0 Å². The summed E-state index contributed by atoms with van der Waals surface area (Å²) >= 11 is 0. The molecule has 0 saturated heterocycles. The number of benzene rings is 3. The fourth-order valence-electron chi connectivity index (χ4n) is 3.66. The van der Waals surface area contributed by atoms with Crippen LogP contribution in [-0.4, -0.2) is 39.5 Å². The van der Waals surface area contributed by atoms with Crippen LogP contribution in [0.3, 0.4) is 0 Å². The molecule has 0 radical (unpaired) electrons. The number of furan rings is 1. The maximum atomic E-state index is 12.2. The summed E-state index contributed by atoms with van der Waals surface area (Å²) in [6.45, 7) is 0. The van der Waals surface area contributed by atoms with E-state index in [0.29, 0.717) is 50.9 Å². The monoisotopic (exact) mass is 434 g/mol. The van der Waals surface area contributed by atoms with E-state index in [9.17, 15) is 9.90 Å². The van der Waals surface area contributed by atoms with Crippen LogP contribution in [0.4, 0.5) is 0 Å². The van der Waals surface area contributed by atoms with E-state index in [1.807, 2.05) is 36.4 Å². The Morgan fingerprint density at radius 3 is 1.81 bits per heavy atom. The number of carboxylic acid groups (broad SMARTS) is 1. The Labute approximate surface area is 184 Å². The minimum atomic E-state index is -1.08. The van der Waals surface area contributed by atoms with Gasteiger partial charge in [0, 0.05) is 28.6 Å². The third-order valence-corrected chi connectivity index (χ3v) is 5.22. The lowest BCUT2D eigenvalue weighted by atomic mass is 9.95. The Hall–Kier alpha value is -4.13. The maximum absolute atomic E-state index is 12.2. The molecular weight excluding hydrogens is 412 g/mol. The van der Waals surface area contributed by atoms with Gasteiger partial charge in [-0.1, -0.05) is 12.1 Å². The molecule has 4 rings (SSSR count). The molecule has 1 aromatic heterocycles. The third kappa shape index (κ3) is 3.69. The molecule has 0 aliphatic heterocycles. The van der Waals surface area contributed by atoms with Gasteiger partial charge in [0.15, 0.2) is 0 Å². The van der Waals surface area contributed by atoms with E-state index in [1.165, 1.54) is 13.2 Å². The van der Waals surface area contributed by atoms with Gasteiger partial charge >= 0.3 is 5.97 Å². The SMILES string of the molecule is COc1ccc(-c2c(-c3cc(OC)cc(OC)c3)oc3cc(OC)cc(C(=O)O)c23)cc1. The molecule has 0 saturated carbocycles. The molecule has 0 atom stereocenters. The summed E-state index contributed by atoms with van der Waals surface area (Å²) < 4.78 is 27.6. The highest BCUT2D eigenvalue weighted by Gasteiger charge is 2.25. The first-order valence-electron chi connectivity index (χ1n) is 9.74. The lowest BCUT2D eigenvalue weighted by Crippen LogP contribution is -1.99. The molecule has 0 aliphatic carbocycles. The average molecular weight is 434 g/mol. The number of ether oxygens (including phenoxy) is 4. The molecule has 7 heteroatoms. The lowest BCUT2D eigenvalue weighted by molar-refractivity contribution is 0.0698. The number of fused-ring (bicyclic) bond motifs is 1. The van der Waals surface area contributed by atoms with Gasteiger partial charge in [-0.25, -0.2) is 4.79 Å². The number of carbonyl (C=O) groups is 1. The predicted molar refractivity (Wildman–Crippen MR) is 120 cm³/mol. The van der Waals surface area contributed by atoms with Gasteiger partial charge in [-0.15, -0.1) is 0 Å². The van der Waals surface area contributed by atoms with Crippen LogP contribution in [0.2, 0.25) is 0 Å². The van der Waals surface area contributed by atoms with E-state index in [4.69, 9.17) is 23.4 Å². The summed E-state index contributed by atoms with van der Waals surface area (Å²) in [6, 6.07) is 15.9. The van der Waals surface area contributed by atoms with Crippen molar-refractivity contribution in [3.8, 4) is 45.4 Å². The number of carboxylic acids is 1. The first kappa shape index (κ1) is 21.1. The highest BCUT2D eigenvalue weighted by Crippen LogP contribution is 2.45. The molecule has 0 amide bonds. The van der Waals surface area contributed by atoms with Crippen molar-refractivity contribution >= 4 is 16.9 Å². The van der Waals surface area contributed by atoms with E-state index >= 15 is 0 Å². The largest absolute Gasteiger partial charge is 0.497 e. The number of aromatic carboxylic acids is 1. The minimum Gasteiger partial charge on any atom is -0.497 e. The van der Waals surface area contributed by atoms with Crippen molar-refractivity contribution in [3.63, 3.8) is 0 Å². The van der Waals surface area contributed by atoms with Gasteiger partial charge in [0.1, 0.15) is 34.3 Å². The van der Waals surface area contributed by atoms with Crippen molar-refractivity contribution in [2.75, 3.05) is 28.4 Å².